The second kappa shape index (κ2) is 3.05. The predicted octanol–water partition coefficient (Wildman–Crippen LogP) is 3.26. The molecule has 0 spiro atoms. The van der Waals surface area contributed by atoms with E-state index < -0.39 is 0 Å². The van der Waals surface area contributed by atoms with Gasteiger partial charge in [-0.05, 0) is 48.8 Å². The summed E-state index contributed by atoms with van der Waals surface area (Å²) in [5.41, 5.74) is 2.26. The van der Waals surface area contributed by atoms with E-state index in [1.54, 1.807) is 0 Å². The van der Waals surface area contributed by atoms with E-state index >= 15 is 0 Å². The summed E-state index contributed by atoms with van der Waals surface area (Å²) in [7, 11) is 1.31. The Bertz CT molecular complexity index is 128. The lowest BCUT2D eigenvalue weighted by Gasteiger charge is -2.42. The zero-order valence-corrected chi connectivity index (χ0v) is 8.64. The summed E-state index contributed by atoms with van der Waals surface area (Å²) < 4.78 is 0. The van der Waals surface area contributed by atoms with E-state index in [9.17, 15) is 0 Å². The predicted molar refractivity (Wildman–Crippen MR) is 52.7 cm³/mol. The van der Waals surface area contributed by atoms with E-state index in [1.165, 1.54) is 34.3 Å². The van der Waals surface area contributed by atoms with Crippen molar-refractivity contribution in [3.63, 3.8) is 0 Å². The highest BCUT2D eigenvalue weighted by Gasteiger charge is 2.34. The smallest absolute Gasteiger partial charge is 0.0208 e. The minimum Gasteiger partial charge on any atom is -0.115 e. The van der Waals surface area contributed by atoms with E-state index in [2.05, 4.69) is 13.8 Å². The monoisotopic (exact) mass is 170 g/mol. The van der Waals surface area contributed by atoms with E-state index in [0.29, 0.717) is 0 Å². The maximum Gasteiger partial charge on any atom is -0.0208 e. The second-order valence-corrected chi connectivity index (χ2v) is 6.31. The van der Waals surface area contributed by atoms with E-state index in [0.717, 1.165) is 23.2 Å². The van der Waals surface area contributed by atoms with Crippen molar-refractivity contribution >= 4 is 8.58 Å². The molecule has 2 aliphatic heterocycles. The van der Waals surface area contributed by atoms with Crippen molar-refractivity contribution in [2.24, 2.45) is 11.8 Å². The normalized spacial score (nSPS) is 52.9. The quantitative estimate of drug-likeness (QED) is 0.489. The van der Waals surface area contributed by atoms with Gasteiger partial charge in [-0.15, -0.1) is 8.58 Å². The van der Waals surface area contributed by atoms with Crippen LogP contribution in [0.5, 0.6) is 0 Å². The number of fused-ring (bicyclic) bond motifs is 2. The molecular formula is C10H19P. The molecule has 0 amide bonds. The van der Waals surface area contributed by atoms with Gasteiger partial charge < -0.3 is 0 Å². The first-order chi connectivity index (χ1) is 5.27. The number of rotatable bonds is 0. The molecule has 0 unspecified atom stereocenters. The molecular weight excluding hydrogens is 151 g/mol. The molecule has 0 aromatic carbocycles. The van der Waals surface area contributed by atoms with Crippen LogP contribution in [0.1, 0.15) is 39.5 Å². The molecule has 0 nitrogen and oxygen atoms in total. The molecule has 0 aromatic rings. The minimum atomic E-state index is 1.05. The van der Waals surface area contributed by atoms with E-state index in [1.807, 2.05) is 0 Å². The van der Waals surface area contributed by atoms with Crippen LogP contribution in [0.15, 0.2) is 0 Å². The molecule has 64 valence electrons. The van der Waals surface area contributed by atoms with Gasteiger partial charge in [-0.2, -0.15) is 0 Å². The Kier molecular flexibility index (Phi) is 2.23. The molecule has 0 aliphatic carbocycles. The van der Waals surface area contributed by atoms with Gasteiger partial charge in [0, 0.05) is 0 Å². The van der Waals surface area contributed by atoms with Crippen molar-refractivity contribution in [2.75, 3.05) is 0 Å². The fourth-order valence-electron chi connectivity index (χ4n) is 2.63. The largest absolute Gasteiger partial charge is 0.115 e. The van der Waals surface area contributed by atoms with Gasteiger partial charge in [0.15, 0.2) is 0 Å². The van der Waals surface area contributed by atoms with Crippen LogP contribution >= 0.6 is 8.58 Å². The fraction of sp³-hybridized carbons (Fsp3) is 1.00. The SMILES string of the molecule is C[C@@H]1CC[C@@H]2P[C@H]1CC[C@H]2C. The molecule has 0 saturated carbocycles. The van der Waals surface area contributed by atoms with Crippen molar-refractivity contribution in [1.29, 1.82) is 0 Å². The molecule has 11 heavy (non-hydrogen) atoms. The molecule has 0 radical (unpaired) electrons. The third-order valence-electron chi connectivity index (χ3n) is 3.67. The summed E-state index contributed by atoms with van der Waals surface area (Å²) in [6, 6.07) is 0. The highest BCUT2D eigenvalue weighted by molar-refractivity contribution is 7.40. The van der Waals surface area contributed by atoms with Crippen LogP contribution in [0.25, 0.3) is 0 Å². The number of hydrogen-bond acceptors (Lipinski definition) is 0. The van der Waals surface area contributed by atoms with Gasteiger partial charge in [0.25, 0.3) is 0 Å². The summed E-state index contributed by atoms with van der Waals surface area (Å²) in [5, 5.41) is 0. The third kappa shape index (κ3) is 1.47. The topological polar surface area (TPSA) is 0 Å². The Morgan fingerprint density at radius 2 is 1.27 bits per heavy atom. The van der Waals surface area contributed by atoms with Crippen LogP contribution in [0.2, 0.25) is 0 Å². The van der Waals surface area contributed by atoms with Gasteiger partial charge in [0.05, 0.1) is 0 Å². The zero-order chi connectivity index (χ0) is 7.84. The minimum absolute atomic E-state index is 1.05. The van der Waals surface area contributed by atoms with Gasteiger partial charge in [-0.1, -0.05) is 13.8 Å². The molecule has 2 fully saturated rings. The lowest BCUT2D eigenvalue weighted by molar-refractivity contribution is 0.330. The molecule has 2 rings (SSSR count). The van der Waals surface area contributed by atoms with Crippen LogP contribution < -0.4 is 0 Å². The van der Waals surface area contributed by atoms with Gasteiger partial charge in [0.1, 0.15) is 0 Å². The van der Waals surface area contributed by atoms with Crippen molar-refractivity contribution in [1.82, 2.24) is 0 Å². The maximum absolute atomic E-state index is 2.46. The first-order valence-electron chi connectivity index (χ1n) is 5.03. The fourth-order valence-corrected chi connectivity index (χ4v) is 4.83. The summed E-state index contributed by atoms with van der Waals surface area (Å²) in [6.45, 7) is 4.92. The van der Waals surface area contributed by atoms with Gasteiger partial charge in [-0.25, -0.2) is 0 Å². The number of hydrogen-bond donors (Lipinski definition) is 0. The molecule has 0 N–H and O–H groups in total. The Morgan fingerprint density at radius 1 is 0.818 bits per heavy atom. The Labute approximate surface area is 71.9 Å². The summed E-state index contributed by atoms with van der Waals surface area (Å²) in [4.78, 5) is 0. The summed E-state index contributed by atoms with van der Waals surface area (Å²) in [5.74, 6) is 2.11. The Hall–Kier alpha value is 0.430. The lowest BCUT2D eigenvalue weighted by atomic mass is 9.86. The first kappa shape index (κ1) is 8.05. The molecule has 2 heterocycles. The molecule has 0 aromatic heterocycles. The molecule has 2 saturated heterocycles. The zero-order valence-electron chi connectivity index (χ0n) is 7.64. The van der Waals surface area contributed by atoms with Crippen molar-refractivity contribution in [3.05, 3.63) is 0 Å². The van der Waals surface area contributed by atoms with E-state index in [4.69, 9.17) is 0 Å². The molecule has 4 atom stereocenters. The Balaban J connectivity index is 2.02. The van der Waals surface area contributed by atoms with Crippen molar-refractivity contribution in [3.8, 4) is 0 Å². The van der Waals surface area contributed by atoms with Crippen molar-refractivity contribution in [2.45, 2.75) is 50.8 Å². The Morgan fingerprint density at radius 3 is 1.73 bits per heavy atom. The molecule has 2 bridgehead atoms. The van der Waals surface area contributed by atoms with Crippen LogP contribution in [0.3, 0.4) is 0 Å². The average molecular weight is 170 g/mol. The maximum atomic E-state index is 2.46. The second-order valence-electron chi connectivity index (χ2n) is 4.49. The van der Waals surface area contributed by atoms with Crippen LogP contribution in [-0.2, 0) is 0 Å². The van der Waals surface area contributed by atoms with Crippen LogP contribution in [-0.4, -0.2) is 11.3 Å². The highest BCUT2D eigenvalue weighted by atomic mass is 31.1. The van der Waals surface area contributed by atoms with Gasteiger partial charge in [0.2, 0.25) is 0 Å². The first-order valence-corrected chi connectivity index (χ1v) is 6.19. The third-order valence-corrected chi connectivity index (χ3v) is 6.24. The highest BCUT2D eigenvalue weighted by Crippen LogP contribution is 2.50. The van der Waals surface area contributed by atoms with Crippen molar-refractivity contribution < 1.29 is 0 Å². The summed E-state index contributed by atoms with van der Waals surface area (Å²) >= 11 is 0. The standard InChI is InChI=1S/C10H19P/c1-7-3-5-10-8(2)4-6-9(7)11-10/h7-11H,3-6H2,1-2H3/t7-,8-,9+,10+/m1/s1. The van der Waals surface area contributed by atoms with Crippen LogP contribution in [0, 0.1) is 11.8 Å². The van der Waals surface area contributed by atoms with Gasteiger partial charge >= 0.3 is 0 Å². The van der Waals surface area contributed by atoms with E-state index in [-0.39, 0.29) is 0 Å². The molecule has 2 aliphatic rings. The summed E-state index contributed by atoms with van der Waals surface area (Å²) in [6.07, 6.45) is 6.12. The lowest BCUT2D eigenvalue weighted by Crippen LogP contribution is -2.32. The molecule has 1 heteroatoms. The average Bonchev–Trinajstić information content (AvgIpc) is 2.02. The van der Waals surface area contributed by atoms with Crippen LogP contribution in [0.4, 0.5) is 0 Å². The van der Waals surface area contributed by atoms with Gasteiger partial charge in [-0.3, -0.25) is 0 Å².